The van der Waals surface area contributed by atoms with Crippen LogP contribution in [0.4, 0.5) is 0 Å². The highest BCUT2D eigenvalue weighted by atomic mass is 16.7. The van der Waals surface area contributed by atoms with Gasteiger partial charge in [0.25, 0.3) is 5.56 Å². The third kappa shape index (κ3) is 2.19. The van der Waals surface area contributed by atoms with Gasteiger partial charge in [-0.25, -0.2) is 0 Å². The molecule has 102 valence electrons. The molecule has 1 aliphatic heterocycles. The molecular weight excluding hydrogens is 249 g/mol. The number of aromatic nitrogens is 1. The van der Waals surface area contributed by atoms with E-state index in [1.54, 1.807) is 0 Å². The zero-order chi connectivity index (χ0) is 14.4. The van der Waals surface area contributed by atoms with E-state index in [1.165, 1.54) is 6.07 Å². The number of rotatable bonds is 2. The summed E-state index contributed by atoms with van der Waals surface area (Å²) in [4.78, 5) is 24.8. The van der Waals surface area contributed by atoms with E-state index >= 15 is 0 Å². The molecule has 1 aromatic heterocycles. The maximum absolute atomic E-state index is 11.8. The fraction of sp³-hybridized carbons (Fsp3) is 0.500. The number of aldehydes is 1. The van der Waals surface area contributed by atoms with Crippen LogP contribution in [0, 0.1) is 0 Å². The molecular formula is C12H16BNO5. The number of pyridine rings is 1. The van der Waals surface area contributed by atoms with Gasteiger partial charge < -0.3 is 14.4 Å². The molecule has 19 heavy (non-hydrogen) atoms. The van der Waals surface area contributed by atoms with Crippen LogP contribution in [0.15, 0.2) is 10.9 Å². The molecule has 7 heteroatoms. The standard InChI is InChI=1S/C12H16BNO5/c1-11(2)12(3,4)19-13(18-11)8-5-7(6-15)9(16)14-10(8)17/h5-6H,1-4H3,(H2,14,16,17). The van der Waals surface area contributed by atoms with Gasteiger partial charge in [-0.2, -0.15) is 0 Å². The van der Waals surface area contributed by atoms with Gasteiger partial charge in [0.05, 0.1) is 16.8 Å². The lowest BCUT2D eigenvalue weighted by molar-refractivity contribution is 0.00578. The Morgan fingerprint density at radius 1 is 1.26 bits per heavy atom. The first-order chi connectivity index (χ1) is 8.68. The molecule has 0 atom stereocenters. The van der Waals surface area contributed by atoms with Crippen LogP contribution in [0.25, 0.3) is 0 Å². The molecule has 2 rings (SSSR count). The molecule has 0 amide bonds. The fourth-order valence-electron chi connectivity index (χ4n) is 1.79. The van der Waals surface area contributed by atoms with Gasteiger partial charge in [0.15, 0.2) is 6.29 Å². The minimum absolute atomic E-state index is 0.00990. The van der Waals surface area contributed by atoms with E-state index in [0.29, 0.717) is 6.29 Å². The predicted molar refractivity (Wildman–Crippen MR) is 69.8 cm³/mol. The van der Waals surface area contributed by atoms with Crippen molar-refractivity contribution in [2.45, 2.75) is 38.9 Å². The maximum atomic E-state index is 11.8. The first-order valence-corrected chi connectivity index (χ1v) is 5.95. The largest absolute Gasteiger partial charge is 0.500 e. The Bertz CT molecular complexity index is 562. The second-order valence-electron chi connectivity index (χ2n) is 5.56. The number of carbonyl (C=O) groups is 1. The van der Waals surface area contributed by atoms with Crippen molar-refractivity contribution in [2.75, 3.05) is 0 Å². The molecule has 2 heterocycles. The second-order valence-corrected chi connectivity index (χ2v) is 5.56. The summed E-state index contributed by atoms with van der Waals surface area (Å²) in [6, 6.07) is 1.28. The van der Waals surface area contributed by atoms with Gasteiger partial charge >= 0.3 is 7.12 Å². The van der Waals surface area contributed by atoms with Crippen LogP contribution in [0.1, 0.15) is 38.1 Å². The third-order valence-electron chi connectivity index (χ3n) is 3.71. The third-order valence-corrected chi connectivity index (χ3v) is 3.71. The summed E-state index contributed by atoms with van der Waals surface area (Å²) >= 11 is 0. The van der Waals surface area contributed by atoms with Crippen molar-refractivity contribution in [3.8, 4) is 5.88 Å². The lowest BCUT2D eigenvalue weighted by Crippen LogP contribution is -2.45. The minimum Gasteiger partial charge on any atom is -0.494 e. The van der Waals surface area contributed by atoms with Crippen molar-refractivity contribution in [1.29, 1.82) is 0 Å². The van der Waals surface area contributed by atoms with Crippen LogP contribution in [0.5, 0.6) is 5.88 Å². The predicted octanol–water partition coefficient (Wildman–Crippen LogP) is 0.192. The molecule has 1 fully saturated rings. The molecule has 1 aliphatic rings. The summed E-state index contributed by atoms with van der Waals surface area (Å²) in [7, 11) is -0.868. The maximum Gasteiger partial charge on any atom is 0.500 e. The first-order valence-electron chi connectivity index (χ1n) is 5.95. The first kappa shape index (κ1) is 13.8. The van der Waals surface area contributed by atoms with Crippen molar-refractivity contribution < 1.29 is 19.2 Å². The van der Waals surface area contributed by atoms with E-state index in [0.717, 1.165) is 0 Å². The molecule has 0 spiro atoms. The minimum atomic E-state index is -0.868. The lowest BCUT2D eigenvalue weighted by Gasteiger charge is -2.32. The summed E-state index contributed by atoms with van der Waals surface area (Å²) in [5.74, 6) is -0.458. The van der Waals surface area contributed by atoms with E-state index in [9.17, 15) is 14.7 Å². The van der Waals surface area contributed by atoms with Crippen molar-refractivity contribution >= 4 is 18.9 Å². The number of aromatic hydroxyl groups is 1. The summed E-state index contributed by atoms with van der Waals surface area (Å²) in [5.41, 5.74) is -1.54. The summed E-state index contributed by atoms with van der Waals surface area (Å²) < 4.78 is 11.5. The van der Waals surface area contributed by atoms with Gasteiger partial charge in [-0.15, -0.1) is 0 Å². The topological polar surface area (TPSA) is 88.6 Å². The number of carbonyl (C=O) groups excluding carboxylic acids is 1. The van der Waals surface area contributed by atoms with Gasteiger partial charge in [-0.05, 0) is 33.8 Å². The number of aromatic amines is 1. The van der Waals surface area contributed by atoms with Crippen LogP contribution in [0.2, 0.25) is 0 Å². The molecule has 0 aliphatic carbocycles. The monoisotopic (exact) mass is 265 g/mol. The van der Waals surface area contributed by atoms with Crippen molar-refractivity contribution in [3.05, 3.63) is 22.0 Å². The zero-order valence-corrected chi connectivity index (χ0v) is 11.3. The highest BCUT2D eigenvalue weighted by Crippen LogP contribution is 2.36. The molecule has 1 saturated heterocycles. The van der Waals surface area contributed by atoms with Crippen LogP contribution in [-0.2, 0) is 9.31 Å². The number of hydrogen-bond acceptors (Lipinski definition) is 5. The molecule has 2 N–H and O–H groups in total. The van der Waals surface area contributed by atoms with Crippen LogP contribution < -0.4 is 11.0 Å². The van der Waals surface area contributed by atoms with Crippen molar-refractivity contribution in [2.24, 2.45) is 0 Å². The molecule has 6 nitrogen and oxygen atoms in total. The van der Waals surface area contributed by atoms with Gasteiger partial charge in [0.2, 0.25) is 5.88 Å². The van der Waals surface area contributed by atoms with Gasteiger partial charge in [0, 0.05) is 5.46 Å². The van der Waals surface area contributed by atoms with E-state index in [2.05, 4.69) is 4.98 Å². The van der Waals surface area contributed by atoms with E-state index < -0.39 is 29.8 Å². The average molecular weight is 265 g/mol. The quantitative estimate of drug-likeness (QED) is 0.588. The summed E-state index contributed by atoms with van der Waals surface area (Å²) in [5, 5.41) is 9.40. The van der Waals surface area contributed by atoms with Gasteiger partial charge in [-0.1, -0.05) is 0 Å². The van der Waals surface area contributed by atoms with Crippen LogP contribution >= 0.6 is 0 Å². The lowest BCUT2D eigenvalue weighted by atomic mass is 9.79. The fourth-order valence-corrected chi connectivity index (χ4v) is 1.79. The highest BCUT2D eigenvalue weighted by molar-refractivity contribution is 6.62. The molecule has 0 aromatic carbocycles. The number of hydrogen-bond donors (Lipinski definition) is 2. The molecule has 0 bridgehead atoms. The summed E-state index contributed by atoms with van der Waals surface area (Å²) in [6.45, 7) is 7.45. The Balaban J connectivity index is 2.45. The molecule has 0 radical (unpaired) electrons. The summed E-state index contributed by atoms with van der Waals surface area (Å²) in [6.07, 6.45) is 0.458. The molecule has 0 saturated carbocycles. The van der Waals surface area contributed by atoms with Crippen LogP contribution in [-0.4, -0.2) is 34.7 Å². The smallest absolute Gasteiger partial charge is 0.494 e. The van der Waals surface area contributed by atoms with E-state index in [-0.39, 0.29) is 11.0 Å². The zero-order valence-electron chi connectivity index (χ0n) is 11.3. The van der Waals surface area contributed by atoms with E-state index in [4.69, 9.17) is 9.31 Å². The van der Waals surface area contributed by atoms with Gasteiger partial charge in [-0.3, -0.25) is 14.6 Å². The Labute approximate surface area is 110 Å². The molecule has 1 aromatic rings. The Hall–Kier alpha value is -1.60. The van der Waals surface area contributed by atoms with Gasteiger partial charge in [0.1, 0.15) is 0 Å². The Kier molecular flexibility index (Phi) is 3.06. The van der Waals surface area contributed by atoms with Crippen molar-refractivity contribution in [1.82, 2.24) is 4.98 Å². The molecule has 0 unspecified atom stereocenters. The highest BCUT2D eigenvalue weighted by Gasteiger charge is 2.52. The average Bonchev–Trinajstić information content (AvgIpc) is 2.48. The Morgan fingerprint density at radius 3 is 2.26 bits per heavy atom. The van der Waals surface area contributed by atoms with Crippen LogP contribution in [0.3, 0.4) is 0 Å². The van der Waals surface area contributed by atoms with E-state index in [1.807, 2.05) is 27.7 Å². The number of H-pyrrole nitrogens is 1. The second kappa shape index (κ2) is 4.21. The Morgan fingerprint density at radius 2 is 1.79 bits per heavy atom. The van der Waals surface area contributed by atoms with Crippen molar-refractivity contribution in [3.63, 3.8) is 0 Å². The normalized spacial score (nSPS) is 20.5. The number of nitrogens with one attached hydrogen (secondary N) is 1. The SMILES string of the molecule is CC1(C)OB(c2cc(C=O)c(O)[nH]c2=O)OC1(C)C.